The molecule has 0 fully saturated rings. The van der Waals surface area contributed by atoms with E-state index in [1.54, 1.807) is 31.2 Å². The minimum atomic E-state index is -0.403. The number of aryl methyl sites for hydroxylation is 1. The fourth-order valence-electron chi connectivity index (χ4n) is 1.79. The fraction of sp³-hybridized carbons (Fsp3) is 0.176. The maximum atomic E-state index is 11.9. The topological polar surface area (TPSA) is 73.7 Å². The summed E-state index contributed by atoms with van der Waals surface area (Å²) in [5, 5.41) is 16.2. The van der Waals surface area contributed by atoms with E-state index in [9.17, 15) is 9.90 Å². The number of hydrogen-bond acceptors (Lipinski definition) is 4. The number of amides is 1. The van der Waals surface area contributed by atoms with Gasteiger partial charge >= 0.3 is 0 Å². The lowest BCUT2D eigenvalue weighted by atomic mass is 10.2. The number of hydrazone groups is 1. The second-order valence-electron chi connectivity index (χ2n) is 5.06. The third kappa shape index (κ3) is 4.63. The predicted molar refractivity (Wildman–Crippen MR) is 88.1 cm³/mol. The van der Waals surface area contributed by atoms with Crippen LogP contribution in [0, 0.1) is 6.92 Å². The van der Waals surface area contributed by atoms with E-state index in [4.69, 9.17) is 0 Å². The zero-order valence-electron chi connectivity index (χ0n) is 12.6. The van der Waals surface area contributed by atoms with E-state index in [1.807, 2.05) is 31.2 Å². The van der Waals surface area contributed by atoms with Crippen LogP contribution in [-0.4, -0.2) is 23.3 Å². The minimum Gasteiger partial charge on any atom is -0.508 e. The highest BCUT2D eigenvalue weighted by molar-refractivity contribution is 5.86. The Hall–Kier alpha value is -2.82. The molecule has 0 aliphatic rings. The van der Waals surface area contributed by atoms with Crippen molar-refractivity contribution in [2.45, 2.75) is 19.9 Å². The lowest BCUT2D eigenvalue weighted by Crippen LogP contribution is -2.34. The molecule has 0 heterocycles. The highest BCUT2D eigenvalue weighted by Gasteiger charge is 2.11. The molecule has 0 spiro atoms. The summed E-state index contributed by atoms with van der Waals surface area (Å²) in [6.07, 6.45) is 1.52. The van der Waals surface area contributed by atoms with Crippen molar-refractivity contribution in [3.05, 3.63) is 59.7 Å². The van der Waals surface area contributed by atoms with Gasteiger partial charge in [0, 0.05) is 5.69 Å². The van der Waals surface area contributed by atoms with E-state index < -0.39 is 6.04 Å². The summed E-state index contributed by atoms with van der Waals surface area (Å²) >= 11 is 0. The Labute approximate surface area is 129 Å². The molecule has 0 unspecified atom stereocenters. The number of anilines is 1. The van der Waals surface area contributed by atoms with E-state index in [0.29, 0.717) is 0 Å². The van der Waals surface area contributed by atoms with Gasteiger partial charge in [-0.1, -0.05) is 17.7 Å². The Kier molecular flexibility index (Phi) is 5.14. The van der Waals surface area contributed by atoms with E-state index >= 15 is 0 Å². The fourth-order valence-corrected chi connectivity index (χ4v) is 1.79. The van der Waals surface area contributed by atoms with Crippen molar-refractivity contribution in [3.63, 3.8) is 0 Å². The molecular formula is C17H19N3O2. The van der Waals surface area contributed by atoms with Crippen LogP contribution in [0.2, 0.25) is 0 Å². The van der Waals surface area contributed by atoms with Gasteiger partial charge in [0.15, 0.2) is 0 Å². The first-order valence-electron chi connectivity index (χ1n) is 7.00. The van der Waals surface area contributed by atoms with Gasteiger partial charge in [-0.2, -0.15) is 5.10 Å². The lowest BCUT2D eigenvalue weighted by molar-refractivity contribution is -0.121. The highest BCUT2D eigenvalue weighted by Crippen LogP contribution is 2.10. The van der Waals surface area contributed by atoms with Crippen molar-refractivity contribution in [2.75, 3.05) is 5.32 Å². The molecule has 0 radical (unpaired) electrons. The Morgan fingerprint density at radius 1 is 1.14 bits per heavy atom. The standard InChI is InChI=1S/C17H19N3O2/c1-12-3-7-15(8-4-12)19-13(2)17(22)20-18-11-14-5-9-16(21)10-6-14/h3-11,13,19,21H,1-2H3,(H,20,22)/t13-/m1/s1. The normalized spacial score (nSPS) is 12.1. The number of phenols is 1. The third-order valence-electron chi connectivity index (χ3n) is 3.11. The van der Waals surface area contributed by atoms with Crippen LogP contribution in [0.25, 0.3) is 0 Å². The van der Waals surface area contributed by atoms with Crippen molar-refractivity contribution in [3.8, 4) is 5.75 Å². The van der Waals surface area contributed by atoms with Crippen molar-refractivity contribution in [1.82, 2.24) is 5.43 Å². The molecule has 0 saturated carbocycles. The quantitative estimate of drug-likeness (QED) is 0.587. The van der Waals surface area contributed by atoms with Crippen LogP contribution in [0.15, 0.2) is 53.6 Å². The number of aromatic hydroxyl groups is 1. The average molecular weight is 297 g/mol. The summed E-state index contributed by atoms with van der Waals surface area (Å²) in [5.41, 5.74) is 5.32. The molecule has 5 heteroatoms. The van der Waals surface area contributed by atoms with Gasteiger partial charge in [0.05, 0.1) is 6.21 Å². The van der Waals surface area contributed by atoms with Crippen LogP contribution in [0.4, 0.5) is 5.69 Å². The van der Waals surface area contributed by atoms with Crippen molar-refractivity contribution < 1.29 is 9.90 Å². The molecule has 2 aromatic rings. The zero-order valence-corrected chi connectivity index (χ0v) is 12.6. The van der Waals surface area contributed by atoms with E-state index in [1.165, 1.54) is 11.8 Å². The van der Waals surface area contributed by atoms with E-state index in [0.717, 1.165) is 11.3 Å². The van der Waals surface area contributed by atoms with Crippen LogP contribution in [0.3, 0.4) is 0 Å². The number of nitrogens with zero attached hydrogens (tertiary/aromatic N) is 1. The van der Waals surface area contributed by atoms with Crippen LogP contribution < -0.4 is 10.7 Å². The molecule has 0 aliphatic carbocycles. The molecule has 0 aromatic heterocycles. The maximum Gasteiger partial charge on any atom is 0.262 e. The van der Waals surface area contributed by atoms with E-state index in [-0.39, 0.29) is 11.7 Å². The molecule has 22 heavy (non-hydrogen) atoms. The third-order valence-corrected chi connectivity index (χ3v) is 3.11. The Morgan fingerprint density at radius 3 is 2.41 bits per heavy atom. The molecule has 0 saturated heterocycles. The van der Waals surface area contributed by atoms with Gasteiger partial charge in [-0.25, -0.2) is 5.43 Å². The van der Waals surface area contributed by atoms with Crippen LogP contribution in [-0.2, 0) is 4.79 Å². The van der Waals surface area contributed by atoms with Crippen molar-refractivity contribution in [2.24, 2.45) is 5.10 Å². The van der Waals surface area contributed by atoms with Crippen LogP contribution in [0.5, 0.6) is 5.75 Å². The monoisotopic (exact) mass is 297 g/mol. The average Bonchev–Trinajstić information content (AvgIpc) is 2.51. The molecule has 5 nitrogen and oxygen atoms in total. The molecule has 114 valence electrons. The molecule has 1 atom stereocenters. The van der Waals surface area contributed by atoms with Crippen LogP contribution >= 0.6 is 0 Å². The van der Waals surface area contributed by atoms with Crippen molar-refractivity contribution in [1.29, 1.82) is 0 Å². The predicted octanol–water partition coefficient (Wildman–Crippen LogP) is 2.65. The number of carbonyl (C=O) groups is 1. The first-order valence-corrected chi connectivity index (χ1v) is 7.00. The highest BCUT2D eigenvalue weighted by atomic mass is 16.3. The molecular weight excluding hydrogens is 278 g/mol. The number of rotatable bonds is 5. The molecule has 0 bridgehead atoms. The van der Waals surface area contributed by atoms with Gasteiger partial charge in [0.2, 0.25) is 0 Å². The number of carbonyl (C=O) groups excluding carboxylic acids is 1. The second kappa shape index (κ2) is 7.26. The van der Waals surface area contributed by atoms with Gasteiger partial charge in [-0.15, -0.1) is 0 Å². The van der Waals surface area contributed by atoms with Gasteiger partial charge in [-0.05, 0) is 55.8 Å². The van der Waals surface area contributed by atoms with Gasteiger partial charge in [0.1, 0.15) is 11.8 Å². The van der Waals surface area contributed by atoms with Gasteiger partial charge in [-0.3, -0.25) is 4.79 Å². The summed E-state index contributed by atoms with van der Waals surface area (Å²) < 4.78 is 0. The number of hydrogen-bond donors (Lipinski definition) is 3. The Balaban J connectivity index is 1.85. The number of nitrogens with one attached hydrogen (secondary N) is 2. The first kappa shape index (κ1) is 15.6. The molecule has 0 aliphatic heterocycles. The second-order valence-corrected chi connectivity index (χ2v) is 5.06. The number of phenolic OH excluding ortho intramolecular Hbond substituents is 1. The summed E-state index contributed by atoms with van der Waals surface area (Å²) in [6.45, 7) is 3.78. The molecule has 2 rings (SSSR count). The first-order chi connectivity index (χ1) is 10.5. The summed E-state index contributed by atoms with van der Waals surface area (Å²) in [7, 11) is 0. The van der Waals surface area contributed by atoms with Crippen molar-refractivity contribution >= 4 is 17.8 Å². The lowest BCUT2D eigenvalue weighted by Gasteiger charge is -2.13. The largest absolute Gasteiger partial charge is 0.508 e. The molecule has 1 amide bonds. The summed E-state index contributed by atoms with van der Waals surface area (Å²) in [4.78, 5) is 11.9. The Morgan fingerprint density at radius 2 is 1.77 bits per heavy atom. The molecule has 2 aromatic carbocycles. The number of benzene rings is 2. The van der Waals surface area contributed by atoms with Gasteiger partial charge < -0.3 is 10.4 Å². The van der Waals surface area contributed by atoms with Gasteiger partial charge in [0.25, 0.3) is 5.91 Å². The minimum absolute atomic E-state index is 0.192. The summed E-state index contributed by atoms with van der Waals surface area (Å²) in [6, 6.07) is 14.0. The summed E-state index contributed by atoms with van der Waals surface area (Å²) in [5.74, 6) is -0.0345. The zero-order chi connectivity index (χ0) is 15.9. The maximum absolute atomic E-state index is 11.9. The smallest absolute Gasteiger partial charge is 0.262 e. The SMILES string of the molecule is Cc1ccc(N[C@H](C)C(=O)NN=Cc2ccc(O)cc2)cc1. The van der Waals surface area contributed by atoms with E-state index in [2.05, 4.69) is 15.8 Å². The van der Waals surface area contributed by atoms with Crippen LogP contribution in [0.1, 0.15) is 18.1 Å². The molecule has 3 N–H and O–H groups in total. The Bertz CT molecular complexity index is 649.